The zero-order valence-corrected chi connectivity index (χ0v) is 11.7. The van der Waals surface area contributed by atoms with E-state index < -0.39 is 35.3 Å². The van der Waals surface area contributed by atoms with Crippen molar-refractivity contribution in [2.24, 2.45) is 7.05 Å². The molecule has 1 aromatic heterocycles. The number of nitrogens with zero attached hydrogens (tertiary/aromatic N) is 2. The van der Waals surface area contributed by atoms with Gasteiger partial charge in [0.1, 0.15) is 5.82 Å². The lowest BCUT2D eigenvalue weighted by molar-refractivity contribution is -0.176. The van der Waals surface area contributed by atoms with Gasteiger partial charge in [-0.3, -0.25) is 25.1 Å². The number of aryl methyl sites for hydroxylation is 1. The topological polar surface area (TPSA) is 76.0 Å². The molecule has 0 unspecified atom stereocenters. The largest absolute Gasteiger partial charge is 0.472 e. The Kier molecular flexibility index (Phi) is 4.16. The first kappa shape index (κ1) is 17.6. The number of amides is 2. The molecule has 0 spiro atoms. The monoisotopic (exact) mass is 354 g/mol. The van der Waals surface area contributed by atoms with Crippen LogP contribution in [0.2, 0.25) is 0 Å². The zero-order chi connectivity index (χ0) is 18.3. The Hall–Kier alpha value is -2.79. The van der Waals surface area contributed by atoms with Crippen LogP contribution < -0.4 is 10.9 Å². The first-order valence-electron chi connectivity index (χ1n) is 6.11. The SMILES string of the molecule is Cn1cc2cc(C(F)(F)C(=O)NNC(=O)C(F)(F)F)c(F)cc2n1. The van der Waals surface area contributed by atoms with Crippen molar-refractivity contribution in [2.45, 2.75) is 12.1 Å². The van der Waals surface area contributed by atoms with Crippen molar-refractivity contribution in [1.82, 2.24) is 20.6 Å². The van der Waals surface area contributed by atoms with Gasteiger partial charge in [0, 0.05) is 24.7 Å². The van der Waals surface area contributed by atoms with E-state index in [1.54, 1.807) is 0 Å². The van der Waals surface area contributed by atoms with Crippen LogP contribution in [0.4, 0.5) is 26.3 Å². The van der Waals surface area contributed by atoms with Gasteiger partial charge in [0.2, 0.25) is 0 Å². The number of halogens is 6. The van der Waals surface area contributed by atoms with E-state index in [1.807, 2.05) is 0 Å². The Bertz CT molecular complexity index is 814. The molecule has 24 heavy (non-hydrogen) atoms. The van der Waals surface area contributed by atoms with Gasteiger partial charge in [-0.2, -0.15) is 27.1 Å². The third kappa shape index (κ3) is 3.26. The van der Waals surface area contributed by atoms with Gasteiger partial charge in [0.15, 0.2) is 0 Å². The molecule has 0 fully saturated rings. The molecule has 0 saturated heterocycles. The van der Waals surface area contributed by atoms with Crippen LogP contribution in [0.3, 0.4) is 0 Å². The van der Waals surface area contributed by atoms with Crippen LogP contribution in [0.5, 0.6) is 0 Å². The molecule has 1 aromatic carbocycles. The number of hydrogen-bond donors (Lipinski definition) is 2. The van der Waals surface area contributed by atoms with Gasteiger partial charge in [0.25, 0.3) is 0 Å². The van der Waals surface area contributed by atoms with Crippen molar-refractivity contribution in [1.29, 1.82) is 0 Å². The Labute approximate surface area is 129 Å². The van der Waals surface area contributed by atoms with E-state index in [4.69, 9.17) is 0 Å². The zero-order valence-electron chi connectivity index (χ0n) is 11.7. The molecule has 0 aliphatic carbocycles. The summed E-state index contributed by atoms with van der Waals surface area (Å²) in [7, 11) is 1.45. The predicted molar refractivity (Wildman–Crippen MR) is 66.9 cm³/mol. The standard InChI is InChI=1S/C12H8F6N4O2/c1-22-4-5-2-6(7(13)3-8(5)21-22)11(14,15)9(23)19-20-10(24)12(16,17)18/h2-4H,1H3,(H,19,23)(H,20,24). The van der Waals surface area contributed by atoms with Crippen molar-refractivity contribution in [3.05, 3.63) is 29.7 Å². The van der Waals surface area contributed by atoms with Crippen LogP contribution in [0.1, 0.15) is 5.56 Å². The van der Waals surface area contributed by atoms with Gasteiger partial charge in [-0.25, -0.2) is 4.39 Å². The molecule has 2 amide bonds. The maximum atomic E-state index is 14.0. The number of nitrogens with one attached hydrogen (secondary N) is 2. The first-order chi connectivity index (χ1) is 10.9. The highest BCUT2D eigenvalue weighted by molar-refractivity contribution is 5.90. The Morgan fingerprint density at radius 3 is 2.25 bits per heavy atom. The normalized spacial score (nSPS) is 12.3. The van der Waals surface area contributed by atoms with E-state index in [1.165, 1.54) is 17.9 Å². The lowest BCUT2D eigenvalue weighted by atomic mass is 10.1. The third-order valence-electron chi connectivity index (χ3n) is 2.88. The van der Waals surface area contributed by atoms with Gasteiger partial charge in [-0.1, -0.05) is 0 Å². The van der Waals surface area contributed by atoms with Crippen LogP contribution >= 0.6 is 0 Å². The summed E-state index contributed by atoms with van der Waals surface area (Å²) in [5, 5.41) is 3.86. The predicted octanol–water partition coefficient (Wildman–Crippen LogP) is 1.51. The highest BCUT2D eigenvalue weighted by Crippen LogP contribution is 2.32. The minimum Gasteiger partial charge on any atom is -0.275 e. The van der Waals surface area contributed by atoms with E-state index in [2.05, 4.69) is 5.10 Å². The molecule has 2 aromatic rings. The van der Waals surface area contributed by atoms with Crippen LogP contribution in [-0.4, -0.2) is 27.8 Å². The summed E-state index contributed by atoms with van der Waals surface area (Å²) in [4.78, 5) is 21.9. The minimum atomic E-state index is -5.39. The lowest BCUT2D eigenvalue weighted by Crippen LogP contribution is -2.52. The Morgan fingerprint density at radius 2 is 1.67 bits per heavy atom. The van der Waals surface area contributed by atoms with Gasteiger partial charge in [-0.15, -0.1) is 0 Å². The van der Waals surface area contributed by atoms with Gasteiger partial charge < -0.3 is 0 Å². The number of fused-ring (bicyclic) bond motifs is 1. The number of alkyl halides is 5. The fourth-order valence-corrected chi connectivity index (χ4v) is 1.80. The molecule has 6 nitrogen and oxygen atoms in total. The maximum absolute atomic E-state index is 14.0. The average molecular weight is 354 g/mol. The second kappa shape index (κ2) is 5.69. The highest BCUT2D eigenvalue weighted by Gasteiger charge is 2.45. The van der Waals surface area contributed by atoms with Crippen molar-refractivity contribution in [3.8, 4) is 0 Å². The second-order valence-corrected chi connectivity index (χ2v) is 4.67. The summed E-state index contributed by atoms with van der Waals surface area (Å²) in [6.07, 6.45) is -4.11. The van der Waals surface area contributed by atoms with E-state index in [0.29, 0.717) is 12.1 Å². The molecule has 0 atom stereocenters. The van der Waals surface area contributed by atoms with E-state index >= 15 is 0 Å². The van der Waals surface area contributed by atoms with Crippen molar-refractivity contribution in [3.63, 3.8) is 0 Å². The third-order valence-corrected chi connectivity index (χ3v) is 2.88. The summed E-state index contributed by atoms with van der Waals surface area (Å²) in [5.74, 6) is -11.0. The number of hydrogen-bond acceptors (Lipinski definition) is 3. The summed E-state index contributed by atoms with van der Waals surface area (Å²) in [5.41, 5.74) is 0.357. The summed E-state index contributed by atoms with van der Waals surface area (Å²) in [6, 6.07) is 1.29. The molecule has 2 rings (SSSR count). The molecule has 130 valence electrons. The van der Waals surface area contributed by atoms with Crippen molar-refractivity contribution in [2.75, 3.05) is 0 Å². The Balaban J connectivity index is 2.27. The summed E-state index contributed by atoms with van der Waals surface area (Å²) < 4.78 is 78.8. The van der Waals surface area contributed by atoms with E-state index in [-0.39, 0.29) is 10.9 Å². The van der Waals surface area contributed by atoms with Crippen molar-refractivity contribution < 1.29 is 35.9 Å². The highest BCUT2D eigenvalue weighted by atomic mass is 19.4. The molecule has 1 heterocycles. The Morgan fingerprint density at radius 1 is 1.08 bits per heavy atom. The second-order valence-electron chi connectivity index (χ2n) is 4.67. The fraction of sp³-hybridized carbons (Fsp3) is 0.250. The number of benzene rings is 1. The van der Waals surface area contributed by atoms with E-state index in [0.717, 1.165) is 10.9 Å². The molecule has 0 saturated carbocycles. The van der Waals surface area contributed by atoms with Gasteiger partial charge >= 0.3 is 23.9 Å². The van der Waals surface area contributed by atoms with Gasteiger partial charge in [-0.05, 0) is 6.07 Å². The quantitative estimate of drug-likeness (QED) is 0.634. The molecular formula is C12H8F6N4O2. The minimum absolute atomic E-state index is 0.0420. The molecular weight excluding hydrogens is 346 g/mol. The molecule has 2 N–H and O–H groups in total. The fourth-order valence-electron chi connectivity index (χ4n) is 1.80. The molecule has 12 heteroatoms. The smallest absolute Gasteiger partial charge is 0.275 e. The summed E-state index contributed by atoms with van der Waals surface area (Å²) in [6.45, 7) is 0. The number of rotatable bonds is 2. The maximum Gasteiger partial charge on any atom is 0.472 e. The molecule has 0 aliphatic rings. The number of hydrazine groups is 1. The van der Waals surface area contributed by atoms with E-state index in [9.17, 15) is 35.9 Å². The van der Waals surface area contributed by atoms with Crippen molar-refractivity contribution >= 4 is 22.7 Å². The van der Waals surface area contributed by atoms with Crippen LogP contribution in [0.15, 0.2) is 18.3 Å². The van der Waals surface area contributed by atoms with Crippen LogP contribution in [-0.2, 0) is 22.6 Å². The van der Waals surface area contributed by atoms with Gasteiger partial charge in [0.05, 0.1) is 11.1 Å². The van der Waals surface area contributed by atoms with Crippen LogP contribution in [0, 0.1) is 5.82 Å². The first-order valence-corrected chi connectivity index (χ1v) is 6.11. The average Bonchev–Trinajstić information content (AvgIpc) is 2.81. The summed E-state index contributed by atoms with van der Waals surface area (Å²) >= 11 is 0. The lowest BCUT2D eigenvalue weighted by Gasteiger charge is -2.17. The molecule has 0 bridgehead atoms. The number of aromatic nitrogens is 2. The number of carbonyl (C=O) groups is 2. The van der Waals surface area contributed by atoms with Crippen LogP contribution in [0.25, 0.3) is 10.9 Å². The molecule has 0 aliphatic heterocycles. The number of carbonyl (C=O) groups excluding carboxylic acids is 2. The molecule has 0 radical (unpaired) electrons.